The molecule has 120 valence electrons. The molecule has 4 unspecified atom stereocenters. The average Bonchev–Trinajstić information content (AvgIpc) is 2.55. The summed E-state index contributed by atoms with van der Waals surface area (Å²) < 4.78 is 0. The predicted molar refractivity (Wildman–Crippen MR) is 87.3 cm³/mol. The molecule has 0 aromatic carbocycles. The molecule has 2 aliphatic carbocycles. The van der Waals surface area contributed by atoms with Crippen molar-refractivity contribution in [3.05, 3.63) is 0 Å². The number of rotatable bonds is 3. The Balaban J connectivity index is 1.70. The van der Waals surface area contributed by atoms with Gasteiger partial charge in [-0.2, -0.15) is 0 Å². The quantitative estimate of drug-likeness (QED) is 0.759. The molecule has 1 heterocycles. The highest BCUT2D eigenvalue weighted by molar-refractivity contribution is 5.82. The van der Waals surface area contributed by atoms with Gasteiger partial charge in [0, 0.05) is 24.4 Å². The van der Waals surface area contributed by atoms with Crippen molar-refractivity contribution < 1.29 is 4.79 Å². The summed E-state index contributed by atoms with van der Waals surface area (Å²) in [4.78, 5) is 15.2. The van der Waals surface area contributed by atoms with E-state index in [1.807, 2.05) is 0 Å². The van der Waals surface area contributed by atoms with Crippen LogP contribution >= 0.6 is 0 Å². The van der Waals surface area contributed by atoms with E-state index in [0.29, 0.717) is 17.7 Å². The molecular weight excluding hydrogens is 258 g/mol. The average molecular weight is 291 g/mol. The number of nitrogens with zero attached hydrogens (tertiary/aromatic N) is 1. The van der Waals surface area contributed by atoms with E-state index in [1.54, 1.807) is 0 Å². The number of piperidine rings is 1. The van der Waals surface area contributed by atoms with Crippen LogP contribution in [0.1, 0.15) is 84.0 Å². The van der Waals surface area contributed by atoms with Crippen molar-refractivity contribution in [1.82, 2.24) is 4.90 Å². The molecule has 2 saturated carbocycles. The summed E-state index contributed by atoms with van der Waals surface area (Å²) in [6.45, 7) is 3.61. The molecule has 2 heteroatoms. The van der Waals surface area contributed by atoms with E-state index in [4.69, 9.17) is 0 Å². The second-order valence-corrected chi connectivity index (χ2v) is 7.71. The van der Waals surface area contributed by atoms with Gasteiger partial charge in [0.1, 0.15) is 5.78 Å². The number of hydrogen-bond acceptors (Lipinski definition) is 2. The monoisotopic (exact) mass is 291 g/mol. The second-order valence-electron chi connectivity index (χ2n) is 7.71. The molecule has 3 aliphatic rings. The Morgan fingerprint density at radius 2 is 1.86 bits per heavy atom. The van der Waals surface area contributed by atoms with Crippen LogP contribution in [0.15, 0.2) is 0 Å². The fourth-order valence-electron chi connectivity index (χ4n) is 5.22. The summed E-state index contributed by atoms with van der Waals surface area (Å²) in [6.07, 6.45) is 15.4. The van der Waals surface area contributed by atoms with Crippen LogP contribution in [0.5, 0.6) is 0 Å². The lowest BCUT2D eigenvalue weighted by Gasteiger charge is -2.47. The minimum Gasteiger partial charge on any atom is -0.299 e. The van der Waals surface area contributed by atoms with Gasteiger partial charge in [-0.15, -0.1) is 0 Å². The van der Waals surface area contributed by atoms with Crippen LogP contribution in [0.3, 0.4) is 0 Å². The fraction of sp³-hybridized carbons (Fsp3) is 0.947. The summed E-state index contributed by atoms with van der Waals surface area (Å²) in [6, 6.07) is 1.37. The molecule has 0 spiro atoms. The van der Waals surface area contributed by atoms with Crippen molar-refractivity contribution in [2.45, 2.75) is 96.1 Å². The summed E-state index contributed by atoms with van der Waals surface area (Å²) in [5.41, 5.74) is 0. The molecule has 1 saturated heterocycles. The first-order valence-electron chi connectivity index (χ1n) is 9.58. The summed E-state index contributed by atoms with van der Waals surface area (Å²) in [5, 5.41) is 0. The summed E-state index contributed by atoms with van der Waals surface area (Å²) >= 11 is 0. The van der Waals surface area contributed by atoms with Crippen LogP contribution in [-0.2, 0) is 4.79 Å². The lowest BCUT2D eigenvalue weighted by molar-refractivity contribution is -0.128. The highest BCUT2D eigenvalue weighted by Gasteiger charge is 2.39. The Labute approximate surface area is 130 Å². The molecule has 0 N–H and O–H groups in total. The van der Waals surface area contributed by atoms with Crippen LogP contribution in [0.4, 0.5) is 0 Å². The molecule has 0 radical (unpaired) electrons. The highest BCUT2D eigenvalue weighted by Crippen LogP contribution is 2.37. The molecule has 21 heavy (non-hydrogen) atoms. The van der Waals surface area contributed by atoms with Gasteiger partial charge in [0.05, 0.1) is 0 Å². The molecule has 0 amide bonds. The van der Waals surface area contributed by atoms with E-state index in [1.165, 1.54) is 70.8 Å². The largest absolute Gasteiger partial charge is 0.299 e. The van der Waals surface area contributed by atoms with E-state index in [0.717, 1.165) is 24.8 Å². The normalized spacial score (nSPS) is 39.4. The number of carbonyl (C=O) groups excluding carboxylic acids is 1. The van der Waals surface area contributed by atoms with Gasteiger partial charge in [-0.05, 0) is 51.0 Å². The lowest BCUT2D eigenvalue weighted by Crippen LogP contribution is -2.53. The second kappa shape index (κ2) is 7.26. The van der Waals surface area contributed by atoms with Crippen molar-refractivity contribution in [3.63, 3.8) is 0 Å². The molecule has 0 aromatic heterocycles. The molecule has 0 bridgehead atoms. The third-order valence-corrected chi connectivity index (χ3v) is 6.46. The third-order valence-electron chi connectivity index (χ3n) is 6.46. The topological polar surface area (TPSA) is 20.3 Å². The zero-order valence-electron chi connectivity index (χ0n) is 13.9. The van der Waals surface area contributed by atoms with Crippen LogP contribution in [-0.4, -0.2) is 29.3 Å². The zero-order valence-corrected chi connectivity index (χ0v) is 13.9. The van der Waals surface area contributed by atoms with Gasteiger partial charge >= 0.3 is 0 Å². The Kier molecular flexibility index (Phi) is 5.37. The number of Topliss-reactive ketones (excluding diaryl/α,β-unsaturated/α-hetero) is 1. The number of likely N-dealkylation sites (tertiary alicyclic amines) is 1. The van der Waals surface area contributed by atoms with Gasteiger partial charge in [0.15, 0.2) is 0 Å². The molecule has 0 aromatic rings. The smallest absolute Gasteiger partial charge is 0.137 e. The maximum Gasteiger partial charge on any atom is 0.137 e. The molecule has 4 atom stereocenters. The maximum absolute atomic E-state index is 12.4. The van der Waals surface area contributed by atoms with Gasteiger partial charge in [0.25, 0.3) is 0 Å². The minimum absolute atomic E-state index is 0.376. The predicted octanol–water partition coefficient (Wildman–Crippen LogP) is 4.57. The van der Waals surface area contributed by atoms with Gasteiger partial charge < -0.3 is 0 Å². The van der Waals surface area contributed by atoms with Crippen LogP contribution in [0.25, 0.3) is 0 Å². The maximum atomic E-state index is 12.4. The Hall–Kier alpha value is -0.370. The van der Waals surface area contributed by atoms with Gasteiger partial charge in [-0.1, -0.05) is 39.0 Å². The number of carbonyl (C=O) groups is 1. The van der Waals surface area contributed by atoms with Crippen molar-refractivity contribution in [2.75, 3.05) is 6.54 Å². The summed E-state index contributed by atoms with van der Waals surface area (Å²) in [7, 11) is 0. The standard InChI is InChI=1S/C19H33NO/c1-2-15-8-7-9-16(14-15)20-13-6-5-11-18(20)17-10-3-4-12-19(17)21/h15-18H,2-14H2,1H3. The van der Waals surface area contributed by atoms with Gasteiger partial charge in [-0.3, -0.25) is 9.69 Å². The first-order chi connectivity index (χ1) is 10.3. The van der Waals surface area contributed by atoms with E-state index < -0.39 is 0 Å². The van der Waals surface area contributed by atoms with Crippen molar-refractivity contribution in [1.29, 1.82) is 0 Å². The molecule has 1 aliphatic heterocycles. The Morgan fingerprint density at radius 1 is 1.00 bits per heavy atom. The molecule has 3 rings (SSSR count). The molecule has 2 nitrogen and oxygen atoms in total. The molecular formula is C19H33NO. The van der Waals surface area contributed by atoms with Gasteiger partial charge in [0.2, 0.25) is 0 Å². The zero-order chi connectivity index (χ0) is 14.7. The first kappa shape index (κ1) is 15.5. The third kappa shape index (κ3) is 3.52. The minimum atomic E-state index is 0.376. The van der Waals surface area contributed by atoms with Gasteiger partial charge in [-0.25, -0.2) is 0 Å². The van der Waals surface area contributed by atoms with Crippen LogP contribution < -0.4 is 0 Å². The highest BCUT2D eigenvalue weighted by atomic mass is 16.1. The fourth-order valence-corrected chi connectivity index (χ4v) is 5.22. The SMILES string of the molecule is CCC1CCCC(N2CCCCC2C2CCCCC2=O)C1. The number of ketones is 1. The van der Waals surface area contributed by atoms with Crippen molar-refractivity contribution in [3.8, 4) is 0 Å². The first-order valence-corrected chi connectivity index (χ1v) is 9.58. The van der Waals surface area contributed by atoms with E-state index in [-0.39, 0.29) is 0 Å². The Bertz CT molecular complexity index is 353. The summed E-state index contributed by atoms with van der Waals surface area (Å²) in [5.74, 6) is 1.90. The van der Waals surface area contributed by atoms with Crippen molar-refractivity contribution >= 4 is 5.78 Å². The van der Waals surface area contributed by atoms with E-state index in [9.17, 15) is 4.79 Å². The van der Waals surface area contributed by atoms with Crippen LogP contribution in [0.2, 0.25) is 0 Å². The van der Waals surface area contributed by atoms with E-state index >= 15 is 0 Å². The van der Waals surface area contributed by atoms with E-state index in [2.05, 4.69) is 11.8 Å². The number of hydrogen-bond donors (Lipinski definition) is 0. The molecule has 3 fully saturated rings. The lowest BCUT2D eigenvalue weighted by atomic mass is 9.76. The van der Waals surface area contributed by atoms with Crippen molar-refractivity contribution in [2.24, 2.45) is 11.8 Å². The Morgan fingerprint density at radius 3 is 2.67 bits per heavy atom. The van der Waals surface area contributed by atoms with Crippen LogP contribution in [0, 0.1) is 11.8 Å².